The van der Waals surface area contributed by atoms with E-state index in [2.05, 4.69) is 17.4 Å². The second-order valence-electron chi connectivity index (χ2n) is 6.83. The van der Waals surface area contributed by atoms with Gasteiger partial charge in [0.1, 0.15) is 10.6 Å². The number of aliphatic hydroxyl groups excluding tert-OH is 1. The van der Waals surface area contributed by atoms with Crippen molar-refractivity contribution in [1.29, 1.82) is 0 Å². The number of nitrogens with zero attached hydrogens (tertiary/aromatic N) is 2. The molecule has 0 unspecified atom stereocenters. The molecular formula is C22H25N3O2S. The van der Waals surface area contributed by atoms with Gasteiger partial charge in [-0.2, -0.15) is 0 Å². The highest BCUT2D eigenvalue weighted by atomic mass is 32.1. The number of thiophene rings is 1. The minimum atomic E-state index is 0.0459. The summed E-state index contributed by atoms with van der Waals surface area (Å²) >= 11 is 1.81. The molecule has 3 aromatic rings. The van der Waals surface area contributed by atoms with E-state index in [1.54, 1.807) is 0 Å². The zero-order chi connectivity index (χ0) is 19.2. The first-order valence-corrected chi connectivity index (χ1v) is 10.6. The summed E-state index contributed by atoms with van der Waals surface area (Å²) < 4.78 is 5.38. The fraction of sp³-hybridized carbons (Fsp3) is 0.364. The van der Waals surface area contributed by atoms with E-state index in [9.17, 15) is 0 Å². The van der Waals surface area contributed by atoms with Crippen LogP contribution in [0.2, 0.25) is 0 Å². The van der Waals surface area contributed by atoms with E-state index >= 15 is 0 Å². The molecule has 0 atom stereocenters. The Balaban J connectivity index is 1.64. The third-order valence-corrected chi connectivity index (χ3v) is 6.02. The topological polar surface area (TPSA) is 67.3 Å². The number of fused-ring (bicyclic) bond motifs is 3. The predicted octanol–water partition coefficient (Wildman–Crippen LogP) is 4.16. The van der Waals surface area contributed by atoms with Crippen molar-refractivity contribution in [2.45, 2.75) is 25.7 Å². The molecule has 2 N–H and O–H groups in total. The lowest BCUT2D eigenvalue weighted by atomic mass is 9.97. The molecule has 5 nitrogen and oxygen atoms in total. The number of hydrogen-bond donors (Lipinski definition) is 2. The molecule has 4 rings (SSSR count). The summed E-state index contributed by atoms with van der Waals surface area (Å²) in [5, 5.41) is 13.5. The molecule has 0 aliphatic heterocycles. The van der Waals surface area contributed by atoms with Crippen LogP contribution in [0.5, 0.6) is 0 Å². The van der Waals surface area contributed by atoms with Gasteiger partial charge in [0.15, 0.2) is 5.82 Å². The van der Waals surface area contributed by atoms with Crippen LogP contribution in [0.3, 0.4) is 0 Å². The maximum absolute atomic E-state index is 8.85. The first kappa shape index (κ1) is 19.1. The summed E-state index contributed by atoms with van der Waals surface area (Å²) in [6.07, 6.45) is 8.75. The van der Waals surface area contributed by atoms with E-state index < -0.39 is 0 Å². The molecule has 2 heterocycles. The van der Waals surface area contributed by atoms with Gasteiger partial charge in [-0.3, -0.25) is 0 Å². The summed E-state index contributed by atoms with van der Waals surface area (Å²) in [7, 11) is 0. The van der Waals surface area contributed by atoms with Crippen LogP contribution in [0.4, 0.5) is 5.82 Å². The number of hydrogen-bond acceptors (Lipinski definition) is 6. The van der Waals surface area contributed by atoms with E-state index in [0.717, 1.165) is 29.1 Å². The highest BCUT2D eigenvalue weighted by molar-refractivity contribution is 7.19. The summed E-state index contributed by atoms with van der Waals surface area (Å²) in [5.74, 6) is 1.61. The van der Waals surface area contributed by atoms with E-state index in [1.807, 2.05) is 41.7 Å². The summed E-state index contributed by atoms with van der Waals surface area (Å²) in [6.45, 7) is 1.59. The standard InChI is InChI=1S/C22H25N3O2S/c26-13-15-27-14-12-23-21-20-17-8-4-5-9-18(17)28-22(20)25-19(24-21)11-10-16-6-2-1-3-7-16/h1-3,6-7,10-11,26H,4-5,8-9,12-15H2,(H,23,24,25)/b11-10+. The number of benzene rings is 1. The fourth-order valence-corrected chi connectivity index (χ4v) is 4.79. The number of nitrogens with one attached hydrogen (secondary N) is 1. The molecule has 0 radical (unpaired) electrons. The van der Waals surface area contributed by atoms with Crippen molar-refractivity contribution in [3.8, 4) is 0 Å². The summed E-state index contributed by atoms with van der Waals surface area (Å²) in [6, 6.07) is 10.2. The van der Waals surface area contributed by atoms with Gasteiger partial charge in [-0.05, 0) is 42.9 Å². The number of rotatable bonds is 8. The first-order chi connectivity index (χ1) is 13.8. The molecule has 0 bridgehead atoms. The molecule has 0 saturated heterocycles. The van der Waals surface area contributed by atoms with Crippen molar-refractivity contribution in [2.24, 2.45) is 0 Å². The number of aryl methyl sites for hydroxylation is 2. The van der Waals surface area contributed by atoms with Crippen molar-refractivity contribution in [3.05, 3.63) is 52.2 Å². The lowest BCUT2D eigenvalue weighted by Gasteiger charge is -2.13. The van der Waals surface area contributed by atoms with E-state index in [4.69, 9.17) is 19.8 Å². The predicted molar refractivity (Wildman–Crippen MR) is 116 cm³/mol. The minimum Gasteiger partial charge on any atom is -0.394 e. The highest BCUT2D eigenvalue weighted by Gasteiger charge is 2.20. The normalized spacial score (nSPS) is 13.9. The average Bonchev–Trinajstić information content (AvgIpc) is 3.11. The Hall–Kier alpha value is -2.28. The molecule has 1 aromatic carbocycles. The number of anilines is 1. The third-order valence-electron chi connectivity index (χ3n) is 4.83. The lowest BCUT2D eigenvalue weighted by Crippen LogP contribution is -2.13. The maximum Gasteiger partial charge on any atom is 0.155 e. The molecule has 0 amide bonds. The van der Waals surface area contributed by atoms with Crippen molar-refractivity contribution in [1.82, 2.24) is 9.97 Å². The average molecular weight is 396 g/mol. The third kappa shape index (κ3) is 4.41. The van der Waals surface area contributed by atoms with Gasteiger partial charge in [0.2, 0.25) is 0 Å². The monoisotopic (exact) mass is 395 g/mol. The van der Waals surface area contributed by atoms with Gasteiger partial charge in [-0.15, -0.1) is 11.3 Å². The Morgan fingerprint density at radius 2 is 1.93 bits per heavy atom. The first-order valence-electron chi connectivity index (χ1n) is 9.83. The van der Waals surface area contributed by atoms with Gasteiger partial charge in [0.25, 0.3) is 0 Å². The second kappa shape index (κ2) is 9.28. The van der Waals surface area contributed by atoms with E-state index in [0.29, 0.717) is 25.6 Å². The van der Waals surface area contributed by atoms with Crippen LogP contribution in [0.1, 0.15) is 34.7 Å². The zero-order valence-corrected chi connectivity index (χ0v) is 16.7. The molecule has 2 aromatic heterocycles. The second-order valence-corrected chi connectivity index (χ2v) is 7.91. The maximum atomic E-state index is 8.85. The van der Waals surface area contributed by atoms with E-state index in [1.165, 1.54) is 28.7 Å². The molecule has 6 heteroatoms. The quantitative estimate of drug-likeness (QED) is 0.561. The van der Waals surface area contributed by atoms with Crippen LogP contribution in [0.15, 0.2) is 30.3 Å². The molecule has 0 spiro atoms. The van der Waals surface area contributed by atoms with Crippen LogP contribution in [0, 0.1) is 0 Å². The van der Waals surface area contributed by atoms with Crippen molar-refractivity contribution in [3.63, 3.8) is 0 Å². The van der Waals surface area contributed by atoms with Crippen LogP contribution in [-0.2, 0) is 17.6 Å². The van der Waals surface area contributed by atoms with Gasteiger partial charge in [-0.25, -0.2) is 9.97 Å². The van der Waals surface area contributed by atoms with Gasteiger partial charge in [-0.1, -0.05) is 36.4 Å². The molecule has 1 aliphatic carbocycles. The van der Waals surface area contributed by atoms with Gasteiger partial charge < -0.3 is 15.2 Å². The number of aliphatic hydroxyl groups is 1. The molecule has 1 aliphatic rings. The highest BCUT2D eigenvalue weighted by Crippen LogP contribution is 2.38. The Bertz CT molecular complexity index is 953. The Morgan fingerprint density at radius 3 is 2.79 bits per heavy atom. The van der Waals surface area contributed by atoms with Gasteiger partial charge >= 0.3 is 0 Å². The Labute approximate surface area is 169 Å². The lowest BCUT2D eigenvalue weighted by molar-refractivity contribution is 0.0992. The number of aromatic nitrogens is 2. The van der Waals surface area contributed by atoms with Crippen LogP contribution >= 0.6 is 11.3 Å². The largest absolute Gasteiger partial charge is 0.394 e. The SMILES string of the molecule is OCCOCCNc1nc(/C=C/c2ccccc2)nc2sc3c(c12)CCCC3. The summed E-state index contributed by atoms with van der Waals surface area (Å²) in [5.41, 5.74) is 2.55. The zero-order valence-electron chi connectivity index (χ0n) is 15.9. The minimum absolute atomic E-state index is 0.0459. The molecule has 0 fully saturated rings. The molecule has 28 heavy (non-hydrogen) atoms. The van der Waals surface area contributed by atoms with Crippen LogP contribution in [0.25, 0.3) is 22.4 Å². The van der Waals surface area contributed by atoms with E-state index in [-0.39, 0.29) is 6.61 Å². The van der Waals surface area contributed by atoms with Crippen molar-refractivity contribution < 1.29 is 9.84 Å². The molecular weight excluding hydrogens is 370 g/mol. The van der Waals surface area contributed by atoms with Gasteiger partial charge in [0, 0.05) is 11.4 Å². The molecule has 0 saturated carbocycles. The Morgan fingerprint density at radius 1 is 1.07 bits per heavy atom. The van der Waals surface area contributed by atoms with Gasteiger partial charge in [0.05, 0.1) is 25.2 Å². The fourth-order valence-electron chi connectivity index (χ4n) is 3.52. The number of ether oxygens (including phenoxy) is 1. The van der Waals surface area contributed by atoms with Crippen LogP contribution < -0.4 is 5.32 Å². The Kier molecular flexibility index (Phi) is 6.31. The van der Waals surface area contributed by atoms with Crippen molar-refractivity contribution >= 4 is 39.5 Å². The van der Waals surface area contributed by atoms with Crippen LogP contribution in [-0.4, -0.2) is 41.4 Å². The van der Waals surface area contributed by atoms with Crippen molar-refractivity contribution in [2.75, 3.05) is 31.7 Å². The molecule has 146 valence electrons. The smallest absolute Gasteiger partial charge is 0.155 e. The summed E-state index contributed by atoms with van der Waals surface area (Å²) in [4.78, 5) is 12.2.